The van der Waals surface area contributed by atoms with E-state index in [9.17, 15) is 14.4 Å². The van der Waals surface area contributed by atoms with Crippen molar-refractivity contribution in [1.82, 2.24) is 16.1 Å². The van der Waals surface area contributed by atoms with Crippen molar-refractivity contribution in [3.63, 3.8) is 0 Å². The number of rotatable bonds is 8. The molecule has 31 heavy (non-hydrogen) atoms. The van der Waals surface area contributed by atoms with Crippen LogP contribution in [-0.2, 0) is 20.9 Å². The summed E-state index contributed by atoms with van der Waals surface area (Å²) in [7, 11) is 0. The van der Waals surface area contributed by atoms with Crippen LogP contribution in [0, 0.1) is 0 Å². The second-order valence-corrected chi connectivity index (χ2v) is 7.22. The number of furan rings is 1. The first-order valence-electron chi connectivity index (χ1n) is 10.3. The molecular formula is C22H26N4O5. The molecule has 1 saturated carbocycles. The molecule has 1 aliphatic rings. The summed E-state index contributed by atoms with van der Waals surface area (Å²) < 4.78 is 10.6. The molecule has 0 saturated heterocycles. The highest BCUT2D eigenvalue weighted by atomic mass is 16.5. The maximum atomic E-state index is 11.9. The van der Waals surface area contributed by atoms with E-state index in [2.05, 4.69) is 21.2 Å². The van der Waals surface area contributed by atoms with E-state index in [4.69, 9.17) is 9.15 Å². The topological polar surface area (TPSA) is 122 Å². The van der Waals surface area contributed by atoms with Crippen LogP contribution in [0.3, 0.4) is 0 Å². The first kappa shape index (κ1) is 22.1. The van der Waals surface area contributed by atoms with Gasteiger partial charge in [-0.3, -0.25) is 14.4 Å². The van der Waals surface area contributed by atoms with Gasteiger partial charge in [0.15, 0.2) is 6.61 Å². The van der Waals surface area contributed by atoms with Crippen molar-refractivity contribution < 1.29 is 23.5 Å². The molecule has 0 unspecified atom stereocenters. The number of carbonyl (C=O) groups is 3. The molecule has 0 radical (unpaired) electrons. The second-order valence-electron chi connectivity index (χ2n) is 7.22. The lowest BCUT2D eigenvalue weighted by atomic mass is 9.95. The van der Waals surface area contributed by atoms with E-state index in [-0.39, 0.29) is 18.6 Å². The standard InChI is InChI=1S/C22H26N4O5/c27-20(23-14-19-7-4-12-30-19)15-31-18-10-8-16(9-11-18)13-24-26-22(29)21(28)25-17-5-2-1-3-6-17/h4,7-13,17H,1-3,5-6,14-15H2,(H,23,27)(H,25,28)(H,26,29)/b24-13-. The maximum absolute atomic E-state index is 11.9. The molecule has 0 spiro atoms. The Bertz CT molecular complexity index is 887. The summed E-state index contributed by atoms with van der Waals surface area (Å²) in [4.78, 5) is 35.5. The van der Waals surface area contributed by atoms with Gasteiger partial charge < -0.3 is 19.8 Å². The summed E-state index contributed by atoms with van der Waals surface area (Å²) in [5, 5.41) is 9.23. The Balaban J connectivity index is 1.36. The van der Waals surface area contributed by atoms with Gasteiger partial charge in [0.1, 0.15) is 11.5 Å². The lowest BCUT2D eigenvalue weighted by molar-refractivity contribution is -0.139. The van der Waals surface area contributed by atoms with Crippen molar-refractivity contribution in [2.45, 2.75) is 44.7 Å². The van der Waals surface area contributed by atoms with Crippen molar-refractivity contribution in [2.24, 2.45) is 5.10 Å². The second kappa shape index (κ2) is 11.5. The van der Waals surface area contributed by atoms with Crippen LogP contribution < -0.4 is 20.8 Å². The van der Waals surface area contributed by atoms with Crippen LogP contribution in [0.25, 0.3) is 0 Å². The van der Waals surface area contributed by atoms with Crippen molar-refractivity contribution in [3.05, 3.63) is 54.0 Å². The SMILES string of the molecule is O=C(COc1ccc(/C=N\NC(=O)C(=O)NC2CCCCC2)cc1)NCc1ccco1. The number of ether oxygens (including phenoxy) is 1. The van der Waals surface area contributed by atoms with Crippen LogP contribution >= 0.6 is 0 Å². The number of hydrogen-bond donors (Lipinski definition) is 3. The molecule has 3 N–H and O–H groups in total. The fourth-order valence-electron chi connectivity index (χ4n) is 3.16. The molecule has 0 aliphatic heterocycles. The van der Waals surface area contributed by atoms with Gasteiger partial charge >= 0.3 is 11.8 Å². The predicted octanol–water partition coefficient (Wildman–Crippen LogP) is 1.87. The van der Waals surface area contributed by atoms with E-state index < -0.39 is 11.8 Å². The highest BCUT2D eigenvalue weighted by molar-refractivity contribution is 6.35. The third kappa shape index (κ3) is 7.61. The van der Waals surface area contributed by atoms with Gasteiger partial charge in [-0.2, -0.15) is 5.10 Å². The van der Waals surface area contributed by atoms with E-state index in [0.29, 0.717) is 23.6 Å². The summed E-state index contributed by atoms with van der Waals surface area (Å²) >= 11 is 0. The van der Waals surface area contributed by atoms with Gasteiger partial charge in [-0.25, -0.2) is 5.43 Å². The molecule has 3 rings (SSSR count). The average Bonchev–Trinajstić information content (AvgIpc) is 3.31. The van der Waals surface area contributed by atoms with Crippen LogP contribution in [0.1, 0.15) is 43.4 Å². The molecule has 1 heterocycles. The highest BCUT2D eigenvalue weighted by Crippen LogP contribution is 2.17. The fraction of sp³-hybridized carbons (Fsp3) is 0.364. The zero-order valence-electron chi connectivity index (χ0n) is 17.1. The molecule has 0 bridgehead atoms. The van der Waals surface area contributed by atoms with Gasteiger partial charge in [-0.15, -0.1) is 0 Å². The number of benzene rings is 1. The Labute approximate surface area is 180 Å². The molecule has 1 fully saturated rings. The van der Waals surface area contributed by atoms with E-state index in [1.165, 1.54) is 12.6 Å². The van der Waals surface area contributed by atoms with Crippen LogP contribution in [0.2, 0.25) is 0 Å². The Morgan fingerprint density at radius 3 is 2.55 bits per heavy atom. The average molecular weight is 426 g/mol. The Kier molecular flexibility index (Phi) is 8.21. The van der Waals surface area contributed by atoms with Crippen LogP contribution in [0.5, 0.6) is 5.75 Å². The van der Waals surface area contributed by atoms with Crippen molar-refractivity contribution >= 4 is 23.9 Å². The van der Waals surface area contributed by atoms with Gasteiger partial charge in [0.25, 0.3) is 5.91 Å². The first-order chi connectivity index (χ1) is 15.1. The molecule has 1 aliphatic carbocycles. The van der Waals surface area contributed by atoms with Crippen molar-refractivity contribution in [2.75, 3.05) is 6.61 Å². The van der Waals surface area contributed by atoms with E-state index in [1.807, 2.05) is 0 Å². The smallest absolute Gasteiger partial charge is 0.329 e. The minimum Gasteiger partial charge on any atom is -0.484 e. The minimum absolute atomic E-state index is 0.0655. The molecular weight excluding hydrogens is 400 g/mol. The zero-order chi connectivity index (χ0) is 21.9. The molecule has 2 aromatic rings. The summed E-state index contributed by atoms with van der Waals surface area (Å²) in [6.45, 7) is 0.176. The maximum Gasteiger partial charge on any atom is 0.329 e. The minimum atomic E-state index is -0.790. The third-order valence-corrected chi connectivity index (χ3v) is 4.82. The number of nitrogens with zero attached hydrogens (tertiary/aromatic N) is 1. The molecule has 0 atom stereocenters. The Hall–Kier alpha value is -3.62. The van der Waals surface area contributed by atoms with E-state index in [1.54, 1.807) is 42.7 Å². The van der Waals surface area contributed by atoms with Gasteiger partial charge in [0.2, 0.25) is 0 Å². The zero-order valence-corrected chi connectivity index (χ0v) is 17.1. The lowest BCUT2D eigenvalue weighted by Gasteiger charge is -2.22. The molecule has 9 heteroatoms. The van der Waals surface area contributed by atoms with Gasteiger partial charge in [0, 0.05) is 6.04 Å². The molecule has 1 aromatic heterocycles. The van der Waals surface area contributed by atoms with E-state index >= 15 is 0 Å². The number of hydrogen-bond acceptors (Lipinski definition) is 6. The normalized spacial score (nSPS) is 14.2. The van der Waals surface area contributed by atoms with Gasteiger partial charge in [0.05, 0.1) is 19.0 Å². The summed E-state index contributed by atoms with van der Waals surface area (Å²) in [6.07, 6.45) is 8.09. The Morgan fingerprint density at radius 1 is 1.06 bits per heavy atom. The number of amides is 3. The fourth-order valence-corrected chi connectivity index (χ4v) is 3.16. The van der Waals surface area contributed by atoms with Crippen molar-refractivity contribution in [1.29, 1.82) is 0 Å². The predicted molar refractivity (Wildman–Crippen MR) is 113 cm³/mol. The van der Waals surface area contributed by atoms with Gasteiger partial charge in [-0.05, 0) is 54.8 Å². The summed E-state index contributed by atoms with van der Waals surface area (Å²) in [5.41, 5.74) is 2.92. The number of carbonyl (C=O) groups excluding carboxylic acids is 3. The number of hydrazone groups is 1. The quantitative estimate of drug-likeness (QED) is 0.338. The van der Waals surface area contributed by atoms with Crippen molar-refractivity contribution in [3.8, 4) is 5.75 Å². The molecule has 3 amide bonds. The van der Waals surface area contributed by atoms with E-state index in [0.717, 1.165) is 25.7 Å². The lowest BCUT2D eigenvalue weighted by Crippen LogP contribution is -2.44. The summed E-state index contributed by atoms with van der Waals surface area (Å²) in [5.74, 6) is -0.548. The molecule has 9 nitrogen and oxygen atoms in total. The third-order valence-electron chi connectivity index (χ3n) is 4.82. The van der Waals surface area contributed by atoms with Gasteiger partial charge in [-0.1, -0.05) is 19.3 Å². The largest absolute Gasteiger partial charge is 0.484 e. The van der Waals surface area contributed by atoms with Crippen LogP contribution in [0.15, 0.2) is 52.2 Å². The summed E-state index contributed by atoms with van der Waals surface area (Å²) in [6, 6.07) is 10.4. The highest BCUT2D eigenvalue weighted by Gasteiger charge is 2.19. The number of nitrogens with one attached hydrogen (secondary N) is 3. The first-order valence-corrected chi connectivity index (χ1v) is 10.3. The molecule has 164 valence electrons. The van der Waals surface area contributed by atoms with Crippen LogP contribution in [0.4, 0.5) is 0 Å². The van der Waals surface area contributed by atoms with Crippen LogP contribution in [-0.4, -0.2) is 36.6 Å². The molecule has 1 aromatic carbocycles. The Morgan fingerprint density at radius 2 is 1.84 bits per heavy atom. The monoisotopic (exact) mass is 426 g/mol.